The zero-order valence-corrected chi connectivity index (χ0v) is 11.9. The molecule has 1 aliphatic carbocycles. The van der Waals surface area contributed by atoms with Gasteiger partial charge in [0.2, 0.25) is 5.78 Å². The average molecular weight is 333 g/mol. The van der Waals surface area contributed by atoms with E-state index in [9.17, 15) is 14.4 Å². The fraction of sp³-hybridized carbons (Fsp3) is 0.133. The summed E-state index contributed by atoms with van der Waals surface area (Å²) >= 11 is 3.05. The van der Waals surface area contributed by atoms with E-state index in [1.54, 1.807) is 24.3 Å². The van der Waals surface area contributed by atoms with Crippen LogP contribution in [0.4, 0.5) is 0 Å². The fourth-order valence-electron chi connectivity index (χ4n) is 2.29. The standard InChI is InChI=1S/C15H9BrO4/c16-6-12(17)13-5-10-11(7-20-13)15(19)9-4-2-1-3-8(9)14(10)18/h1-5H,6-7H2. The highest BCUT2D eigenvalue weighted by Gasteiger charge is 2.34. The largest absolute Gasteiger partial charge is 0.485 e. The van der Waals surface area contributed by atoms with Crippen molar-refractivity contribution in [2.45, 2.75) is 0 Å². The van der Waals surface area contributed by atoms with Crippen LogP contribution in [0.5, 0.6) is 0 Å². The summed E-state index contributed by atoms with van der Waals surface area (Å²) < 4.78 is 5.28. The lowest BCUT2D eigenvalue weighted by molar-refractivity contribution is -0.116. The summed E-state index contributed by atoms with van der Waals surface area (Å²) in [4.78, 5) is 36.4. The van der Waals surface area contributed by atoms with Crippen molar-refractivity contribution in [3.63, 3.8) is 0 Å². The van der Waals surface area contributed by atoms with Gasteiger partial charge in [0.25, 0.3) is 0 Å². The van der Waals surface area contributed by atoms with E-state index in [4.69, 9.17) is 4.74 Å². The molecule has 2 aliphatic rings. The summed E-state index contributed by atoms with van der Waals surface area (Å²) in [5.41, 5.74) is 1.35. The summed E-state index contributed by atoms with van der Waals surface area (Å²) in [7, 11) is 0. The average Bonchev–Trinajstić information content (AvgIpc) is 2.51. The van der Waals surface area contributed by atoms with Crippen LogP contribution in [0.2, 0.25) is 0 Å². The zero-order valence-electron chi connectivity index (χ0n) is 10.3. The number of carbonyl (C=O) groups excluding carboxylic acids is 3. The van der Waals surface area contributed by atoms with E-state index < -0.39 is 0 Å². The van der Waals surface area contributed by atoms with Crippen LogP contribution in [0.25, 0.3) is 0 Å². The van der Waals surface area contributed by atoms with Gasteiger partial charge in [0.1, 0.15) is 6.61 Å². The van der Waals surface area contributed by atoms with Gasteiger partial charge in [-0.15, -0.1) is 0 Å². The lowest BCUT2D eigenvalue weighted by atomic mass is 9.83. The van der Waals surface area contributed by atoms with Crippen molar-refractivity contribution in [3.05, 3.63) is 58.4 Å². The van der Waals surface area contributed by atoms with Crippen molar-refractivity contribution in [2.75, 3.05) is 11.9 Å². The topological polar surface area (TPSA) is 60.4 Å². The molecule has 0 unspecified atom stereocenters. The minimum Gasteiger partial charge on any atom is -0.485 e. The van der Waals surface area contributed by atoms with Gasteiger partial charge in [-0.05, 0) is 6.08 Å². The molecule has 0 atom stereocenters. The molecular formula is C15H9BrO4. The predicted octanol–water partition coefficient (Wildman–Crippen LogP) is 2.24. The van der Waals surface area contributed by atoms with Crippen molar-refractivity contribution in [1.82, 2.24) is 0 Å². The van der Waals surface area contributed by atoms with E-state index in [0.717, 1.165) is 0 Å². The van der Waals surface area contributed by atoms with Crippen LogP contribution in [0, 0.1) is 0 Å². The quantitative estimate of drug-likeness (QED) is 0.779. The Balaban J connectivity index is 2.13. The summed E-state index contributed by atoms with van der Waals surface area (Å²) in [5, 5.41) is 0.111. The Labute approximate surface area is 123 Å². The second-order valence-corrected chi connectivity index (χ2v) is 5.01. The zero-order chi connectivity index (χ0) is 14.3. The molecule has 4 nitrogen and oxygen atoms in total. The van der Waals surface area contributed by atoms with Gasteiger partial charge >= 0.3 is 0 Å². The Hall–Kier alpha value is -2.01. The molecule has 0 radical (unpaired) electrons. The van der Waals surface area contributed by atoms with Crippen LogP contribution < -0.4 is 0 Å². The molecule has 20 heavy (non-hydrogen) atoms. The molecule has 1 aromatic carbocycles. The lowest BCUT2D eigenvalue weighted by Gasteiger charge is -2.23. The van der Waals surface area contributed by atoms with Crippen LogP contribution in [0.1, 0.15) is 20.7 Å². The smallest absolute Gasteiger partial charge is 0.207 e. The van der Waals surface area contributed by atoms with E-state index >= 15 is 0 Å². The third-order valence-electron chi connectivity index (χ3n) is 3.30. The van der Waals surface area contributed by atoms with Gasteiger partial charge in [-0.3, -0.25) is 14.4 Å². The van der Waals surface area contributed by atoms with E-state index in [0.29, 0.717) is 16.7 Å². The normalized spacial score (nSPS) is 17.1. The summed E-state index contributed by atoms with van der Waals surface area (Å²) in [6.07, 6.45) is 1.37. The Morgan fingerprint density at radius 3 is 2.45 bits per heavy atom. The van der Waals surface area contributed by atoms with E-state index in [2.05, 4.69) is 15.9 Å². The maximum atomic E-state index is 12.4. The number of ether oxygens (including phenoxy) is 1. The van der Waals surface area contributed by atoms with Crippen molar-refractivity contribution in [2.24, 2.45) is 0 Å². The van der Waals surface area contributed by atoms with E-state index in [1.807, 2.05) is 0 Å². The van der Waals surface area contributed by atoms with Crippen LogP contribution in [-0.2, 0) is 9.53 Å². The molecule has 0 saturated heterocycles. The monoisotopic (exact) mass is 332 g/mol. The first kappa shape index (κ1) is 13.0. The molecule has 0 N–H and O–H groups in total. The van der Waals surface area contributed by atoms with Crippen molar-refractivity contribution in [1.29, 1.82) is 0 Å². The van der Waals surface area contributed by atoms with Gasteiger partial charge in [-0.25, -0.2) is 0 Å². The van der Waals surface area contributed by atoms with Crippen LogP contribution in [-0.4, -0.2) is 29.3 Å². The van der Waals surface area contributed by atoms with Crippen LogP contribution in [0.3, 0.4) is 0 Å². The highest BCUT2D eigenvalue weighted by molar-refractivity contribution is 9.09. The fourth-order valence-corrected chi connectivity index (χ4v) is 2.57. The number of alkyl halides is 1. The van der Waals surface area contributed by atoms with Crippen molar-refractivity contribution in [3.8, 4) is 0 Å². The number of allylic oxidation sites excluding steroid dienone is 3. The number of Topliss-reactive ketones (excluding diaryl/α,β-unsaturated/α-hetero) is 3. The van der Waals surface area contributed by atoms with Gasteiger partial charge in [-0.2, -0.15) is 0 Å². The molecule has 0 amide bonds. The molecule has 100 valence electrons. The van der Waals surface area contributed by atoms with Gasteiger partial charge < -0.3 is 4.74 Å². The first-order valence-electron chi connectivity index (χ1n) is 5.98. The van der Waals surface area contributed by atoms with Gasteiger partial charge in [-0.1, -0.05) is 40.2 Å². The molecule has 0 saturated carbocycles. The highest BCUT2D eigenvalue weighted by Crippen LogP contribution is 2.31. The molecule has 1 heterocycles. The molecule has 0 fully saturated rings. The Bertz CT molecular complexity index is 712. The number of fused-ring (bicyclic) bond motifs is 1. The number of halogens is 1. The molecule has 0 aromatic heterocycles. The maximum Gasteiger partial charge on any atom is 0.207 e. The van der Waals surface area contributed by atoms with Gasteiger partial charge in [0.15, 0.2) is 17.3 Å². The summed E-state index contributed by atoms with van der Waals surface area (Å²) in [5.74, 6) is -0.591. The van der Waals surface area contributed by atoms with E-state index in [-0.39, 0.29) is 40.6 Å². The molecule has 0 spiro atoms. The van der Waals surface area contributed by atoms with E-state index in [1.165, 1.54) is 6.08 Å². The second-order valence-electron chi connectivity index (χ2n) is 4.45. The van der Waals surface area contributed by atoms with Crippen molar-refractivity contribution < 1.29 is 19.1 Å². The molecule has 0 bridgehead atoms. The minimum absolute atomic E-state index is 0.0428. The van der Waals surface area contributed by atoms with Crippen LogP contribution >= 0.6 is 15.9 Å². The number of hydrogen-bond acceptors (Lipinski definition) is 4. The SMILES string of the molecule is O=C(CBr)C1=CC2=C(CO1)C(=O)c1ccccc1C2=O. The Morgan fingerprint density at radius 1 is 1.15 bits per heavy atom. The first-order valence-corrected chi connectivity index (χ1v) is 7.11. The maximum absolute atomic E-state index is 12.4. The summed E-state index contributed by atoms with van der Waals surface area (Å²) in [6.45, 7) is -0.0428. The van der Waals surface area contributed by atoms with Crippen LogP contribution in [0.15, 0.2) is 47.2 Å². The molecule has 5 heteroatoms. The van der Waals surface area contributed by atoms with Crippen molar-refractivity contribution >= 4 is 33.3 Å². The molecule has 3 rings (SSSR count). The number of benzene rings is 1. The third-order valence-corrected chi connectivity index (χ3v) is 3.81. The predicted molar refractivity (Wildman–Crippen MR) is 75.0 cm³/mol. The lowest BCUT2D eigenvalue weighted by Crippen LogP contribution is -2.27. The molecule has 1 aliphatic heterocycles. The van der Waals surface area contributed by atoms with Gasteiger partial charge in [0, 0.05) is 22.3 Å². The second kappa shape index (κ2) is 4.83. The Kier molecular flexibility index (Phi) is 3.14. The first-order chi connectivity index (χ1) is 9.63. The molecule has 1 aromatic rings. The number of carbonyl (C=O) groups is 3. The Morgan fingerprint density at radius 2 is 1.80 bits per heavy atom. The minimum atomic E-state index is -0.254. The van der Waals surface area contributed by atoms with Gasteiger partial charge in [0.05, 0.1) is 5.33 Å². The molecular weight excluding hydrogens is 324 g/mol. The third kappa shape index (κ3) is 1.86. The number of ketones is 3. The highest BCUT2D eigenvalue weighted by atomic mass is 79.9. The summed E-state index contributed by atoms with van der Waals surface area (Å²) in [6, 6.07) is 6.68. The number of rotatable bonds is 2. The number of hydrogen-bond donors (Lipinski definition) is 0.